The molecule has 0 aromatic carbocycles. The van der Waals surface area contributed by atoms with Crippen LogP contribution in [0.4, 0.5) is 16.3 Å². The summed E-state index contributed by atoms with van der Waals surface area (Å²) in [5.41, 5.74) is 6.10. The molecule has 144 valence electrons. The van der Waals surface area contributed by atoms with Gasteiger partial charge in [-0.2, -0.15) is 9.99 Å². The van der Waals surface area contributed by atoms with E-state index in [0.717, 1.165) is 19.4 Å². The molecule has 0 saturated carbocycles. The number of ether oxygens (including phenoxy) is 1. The molecular formula is C16H25ClN6O2S. The third kappa shape index (κ3) is 3.39. The molecule has 2 fully saturated rings. The predicted molar refractivity (Wildman–Crippen MR) is 103 cm³/mol. The van der Waals surface area contributed by atoms with Gasteiger partial charge >= 0.3 is 6.09 Å². The molecule has 0 spiro atoms. The number of anilines is 2. The Bertz CT molecular complexity index is 713. The van der Waals surface area contributed by atoms with Crippen LogP contribution in [0.25, 0.3) is 0 Å². The molecule has 1 aromatic rings. The summed E-state index contributed by atoms with van der Waals surface area (Å²) in [7, 11) is 0. The lowest BCUT2D eigenvalue weighted by Crippen LogP contribution is -2.52. The number of carbonyl (C=O) groups is 1. The van der Waals surface area contributed by atoms with Crippen molar-refractivity contribution in [1.82, 2.24) is 20.1 Å². The highest BCUT2D eigenvalue weighted by Crippen LogP contribution is 2.40. The maximum Gasteiger partial charge on any atom is 0.444 e. The van der Waals surface area contributed by atoms with Crippen LogP contribution in [0.5, 0.6) is 0 Å². The van der Waals surface area contributed by atoms with E-state index in [-0.39, 0.29) is 17.4 Å². The molecule has 2 unspecified atom stereocenters. The van der Waals surface area contributed by atoms with Crippen molar-refractivity contribution in [2.75, 3.05) is 23.5 Å². The number of hydrogen-bond donors (Lipinski definition) is 1. The third-order valence-electron chi connectivity index (χ3n) is 4.49. The SMILES string of the molecule is CSc1nc(Cl)nc(N2C(C)C3CCCN3N2C(=O)OC(C)(C)C)c1N. The molecule has 0 bridgehead atoms. The number of hydrogen-bond acceptors (Lipinski definition) is 8. The maximum atomic E-state index is 13.0. The fourth-order valence-corrected chi connectivity index (χ4v) is 4.19. The molecule has 26 heavy (non-hydrogen) atoms. The first-order valence-electron chi connectivity index (χ1n) is 8.60. The summed E-state index contributed by atoms with van der Waals surface area (Å²) in [4.78, 5) is 21.5. The third-order valence-corrected chi connectivity index (χ3v) is 5.36. The number of carbonyl (C=O) groups excluding carboxylic acids is 1. The first-order chi connectivity index (χ1) is 12.1. The zero-order valence-corrected chi connectivity index (χ0v) is 17.3. The van der Waals surface area contributed by atoms with Crippen molar-refractivity contribution in [3.63, 3.8) is 0 Å². The number of rotatable bonds is 2. The van der Waals surface area contributed by atoms with Gasteiger partial charge in [-0.05, 0) is 58.4 Å². The van der Waals surface area contributed by atoms with Crippen molar-refractivity contribution in [3.8, 4) is 0 Å². The molecule has 2 N–H and O–H groups in total. The molecule has 2 aliphatic rings. The van der Waals surface area contributed by atoms with Crippen LogP contribution < -0.4 is 10.7 Å². The van der Waals surface area contributed by atoms with Gasteiger partial charge in [0, 0.05) is 6.54 Å². The molecule has 3 rings (SSSR count). The number of fused-ring (bicyclic) bond motifs is 1. The fourth-order valence-electron chi connectivity index (χ4n) is 3.48. The Labute approximate surface area is 162 Å². The monoisotopic (exact) mass is 400 g/mol. The average molecular weight is 401 g/mol. The van der Waals surface area contributed by atoms with Crippen LogP contribution in [0.2, 0.25) is 5.28 Å². The van der Waals surface area contributed by atoms with Gasteiger partial charge in [0.05, 0.1) is 12.1 Å². The lowest BCUT2D eigenvalue weighted by atomic mass is 10.1. The standard InChI is InChI=1S/C16H25ClN6O2S/c1-9-10-7-6-8-21(10)23(15(24)25-16(2,3)4)22(9)12-11(18)13(26-5)20-14(17)19-12/h9-10H,6-8,18H2,1-5H3. The highest BCUT2D eigenvalue weighted by molar-refractivity contribution is 7.98. The second-order valence-corrected chi connectivity index (χ2v) is 8.60. The second kappa shape index (κ2) is 6.94. The van der Waals surface area contributed by atoms with Gasteiger partial charge in [0.1, 0.15) is 16.3 Å². The zero-order chi connectivity index (χ0) is 19.2. The molecule has 2 saturated heterocycles. The Hall–Kier alpha value is -1.45. The van der Waals surface area contributed by atoms with Crippen LogP contribution in [0, 0.1) is 0 Å². The van der Waals surface area contributed by atoms with Gasteiger partial charge in [-0.15, -0.1) is 16.9 Å². The van der Waals surface area contributed by atoms with E-state index < -0.39 is 11.7 Å². The minimum atomic E-state index is -0.608. The van der Waals surface area contributed by atoms with Gasteiger partial charge in [-0.25, -0.2) is 14.8 Å². The number of halogens is 1. The molecule has 0 aliphatic carbocycles. The summed E-state index contributed by atoms with van der Waals surface area (Å²) in [6.45, 7) is 8.37. The van der Waals surface area contributed by atoms with Crippen LogP contribution in [0.1, 0.15) is 40.5 Å². The van der Waals surface area contributed by atoms with Crippen LogP contribution in [0.15, 0.2) is 5.03 Å². The lowest BCUT2D eigenvalue weighted by Gasteiger charge is -2.35. The molecule has 0 radical (unpaired) electrons. The minimum absolute atomic E-state index is 0.00649. The summed E-state index contributed by atoms with van der Waals surface area (Å²) in [6.07, 6.45) is 3.44. The molecule has 1 aromatic heterocycles. The predicted octanol–water partition coefficient (Wildman–Crippen LogP) is 3.17. The van der Waals surface area contributed by atoms with Crippen molar-refractivity contribution < 1.29 is 9.53 Å². The summed E-state index contributed by atoms with van der Waals surface area (Å²) in [5.74, 6) is 0.433. The van der Waals surface area contributed by atoms with Gasteiger partial charge in [-0.3, -0.25) is 0 Å². The highest BCUT2D eigenvalue weighted by atomic mass is 35.5. The molecule has 1 amide bonds. The molecule has 8 nitrogen and oxygen atoms in total. The van der Waals surface area contributed by atoms with Crippen molar-refractivity contribution in [3.05, 3.63) is 5.28 Å². The van der Waals surface area contributed by atoms with E-state index >= 15 is 0 Å². The Morgan fingerprint density at radius 1 is 1.38 bits per heavy atom. The van der Waals surface area contributed by atoms with E-state index in [4.69, 9.17) is 22.1 Å². The first-order valence-corrected chi connectivity index (χ1v) is 10.2. The molecule has 3 heterocycles. The van der Waals surface area contributed by atoms with Gasteiger partial charge in [0.15, 0.2) is 5.82 Å². The summed E-state index contributed by atoms with van der Waals surface area (Å²) in [5, 5.41) is 6.05. The fraction of sp³-hybridized carbons (Fsp3) is 0.688. The van der Waals surface area contributed by atoms with E-state index in [1.807, 2.05) is 32.0 Å². The Morgan fingerprint density at radius 3 is 2.69 bits per heavy atom. The molecule has 2 aliphatic heterocycles. The van der Waals surface area contributed by atoms with Gasteiger partial charge in [0.2, 0.25) is 5.28 Å². The Kier molecular flexibility index (Phi) is 5.15. The number of nitrogen functional groups attached to an aromatic ring is 1. The first kappa shape index (κ1) is 19.3. The maximum absolute atomic E-state index is 13.0. The van der Waals surface area contributed by atoms with E-state index in [0.29, 0.717) is 16.5 Å². The van der Waals surface area contributed by atoms with Crippen molar-refractivity contribution in [1.29, 1.82) is 0 Å². The highest BCUT2D eigenvalue weighted by Gasteiger charge is 2.51. The number of nitrogens with zero attached hydrogens (tertiary/aromatic N) is 5. The molecule has 10 heteroatoms. The van der Waals surface area contributed by atoms with Crippen LogP contribution in [-0.4, -0.2) is 56.7 Å². The smallest absolute Gasteiger partial charge is 0.441 e. The van der Waals surface area contributed by atoms with Crippen LogP contribution in [0.3, 0.4) is 0 Å². The number of thioether (sulfide) groups is 1. The Morgan fingerprint density at radius 2 is 2.08 bits per heavy atom. The Balaban J connectivity index is 2.06. The van der Waals surface area contributed by atoms with E-state index in [1.165, 1.54) is 16.9 Å². The minimum Gasteiger partial charge on any atom is -0.441 e. The second-order valence-electron chi connectivity index (χ2n) is 7.47. The normalized spacial score (nSPS) is 23.5. The zero-order valence-electron chi connectivity index (χ0n) is 15.7. The van der Waals surface area contributed by atoms with Gasteiger partial charge in [-0.1, -0.05) is 0 Å². The van der Waals surface area contributed by atoms with Gasteiger partial charge in [0.25, 0.3) is 0 Å². The average Bonchev–Trinajstić information content (AvgIpc) is 3.10. The number of amides is 1. The van der Waals surface area contributed by atoms with Crippen LogP contribution >= 0.6 is 23.4 Å². The number of nitrogens with two attached hydrogens (primary N) is 1. The van der Waals surface area contributed by atoms with Crippen molar-refractivity contribution in [2.45, 2.75) is 63.2 Å². The molecular weight excluding hydrogens is 376 g/mol. The number of hydrazine groups is 2. The topological polar surface area (TPSA) is 87.8 Å². The number of aromatic nitrogens is 2. The van der Waals surface area contributed by atoms with Crippen molar-refractivity contribution in [2.24, 2.45) is 0 Å². The van der Waals surface area contributed by atoms with E-state index in [2.05, 4.69) is 16.9 Å². The summed E-state index contributed by atoms with van der Waals surface area (Å²) in [6, 6.07) is 0.182. The lowest BCUT2D eigenvalue weighted by molar-refractivity contribution is -0.0331. The van der Waals surface area contributed by atoms with E-state index in [1.54, 1.807) is 5.01 Å². The summed E-state index contributed by atoms with van der Waals surface area (Å²) < 4.78 is 5.64. The quantitative estimate of drug-likeness (QED) is 0.460. The van der Waals surface area contributed by atoms with E-state index in [9.17, 15) is 4.79 Å². The summed E-state index contributed by atoms with van der Waals surface area (Å²) >= 11 is 7.50. The van der Waals surface area contributed by atoms with Crippen molar-refractivity contribution >= 4 is 41.0 Å². The largest absolute Gasteiger partial charge is 0.444 e. The molecule has 2 atom stereocenters. The van der Waals surface area contributed by atoms with Crippen LogP contribution in [-0.2, 0) is 4.74 Å². The van der Waals surface area contributed by atoms with Gasteiger partial charge < -0.3 is 10.5 Å².